The van der Waals surface area contributed by atoms with E-state index in [9.17, 15) is 9.18 Å². The fourth-order valence-corrected chi connectivity index (χ4v) is 1.69. The lowest BCUT2D eigenvalue weighted by molar-refractivity contribution is -0.104. The molecule has 66 valence electrons. The van der Waals surface area contributed by atoms with E-state index in [0.717, 1.165) is 11.8 Å². The van der Waals surface area contributed by atoms with Crippen LogP contribution in [0.25, 0.3) is 6.08 Å². The maximum Gasteiger partial charge on any atom is 0.146 e. The molecule has 0 heterocycles. The zero-order valence-corrected chi connectivity index (χ0v) is 7.44. The van der Waals surface area contributed by atoms with E-state index >= 15 is 0 Å². The fourth-order valence-electron chi connectivity index (χ4n) is 1.45. The van der Waals surface area contributed by atoms with E-state index in [0.29, 0.717) is 17.6 Å². The van der Waals surface area contributed by atoms with Crippen LogP contribution >= 0.6 is 11.6 Å². The molecule has 0 fully saturated rings. The minimum Gasteiger partial charge on any atom is -0.298 e. The lowest BCUT2D eigenvalue weighted by Gasteiger charge is -2.01. The summed E-state index contributed by atoms with van der Waals surface area (Å²) in [6, 6.07) is 2.94. The first-order valence-electron chi connectivity index (χ1n) is 3.85. The SMILES string of the molecule is O=CC1=Cc2ccc(F)c(Cl)c2C1. The summed E-state index contributed by atoms with van der Waals surface area (Å²) >= 11 is 5.74. The Bertz CT molecular complexity index is 410. The number of halogens is 2. The van der Waals surface area contributed by atoms with Gasteiger partial charge in [0.1, 0.15) is 12.1 Å². The normalized spacial score (nSPS) is 13.8. The van der Waals surface area contributed by atoms with Crippen molar-refractivity contribution in [2.24, 2.45) is 0 Å². The Morgan fingerprint density at radius 2 is 2.23 bits per heavy atom. The molecule has 0 aromatic heterocycles. The number of fused-ring (bicyclic) bond motifs is 1. The average molecular weight is 197 g/mol. The minimum atomic E-state index is -0.430. The van der Waals surface area contributed by atoms with Crippen molar-refractivity contribution in [2.45, 2.75) is 6.42 Å². The summed E-state index contributed by atoms with van der Waals surface area (Å²) in [5.41, 5.74) is 2.19. The molecule has 0 radical (unpaired) electrons. The summed E-state index contributed by atoms with van der Waals surface area (Å²) in [5.74, 6) is -0.430. The minimum absolute atomic E-state index is 0.130. The Labute approximate surface area is 79.8 Å². The molecule has 1 aromatic rings. The van der Waals surface area contributed by atoms with Crippen molar-refractivity contribution in [1.29, 1.82) is 0 Å². The number of carbonyl (C=O) groups excluding carboxylic acids is 1. The predicted octanol–water partition coefficient (Wildman–Crippen LogP) is 2.62. The largest absolute Gasteiger partial charge is 0.298 e. The highest BCUT2D eigenvalue weighted by atomic mass is 35.5. The summed E-state index contributed by atoms with van der Waals surface area (Å²) < 4.78 is 13.0. The molecular formula is C10H6ClFO. The quantitative estimate of drug-likeness (QED) is 0.631. The Morgan fingerprint density at radius 3 is 2.92 bits per heavy atom. The monoisotopic (exact) mass is 196 g/mol. The topological polar surface area (TPSA) is 17.1 Å². The van der Waals surface area contributed by atoms with E-state index in [-0.39, 0.29) is 5.02 Å². The molecule has 1 aliphatic rings. The maximum absolute atomic E-state index is 13.0. The molecule has 13 heavy (non-hydrogen) atoms. The zero-order valence-electron chi connectivity index (χ0n) is 6.68. The standard InChI is InChI=1S/C10H6ClFO/c11-10-8-4-6(5-13)3-7(8)1-2-9(10)12/h1-3,5H,4H2. The molecule has 0 atom stereocenters. The highest BCUT2D eigenvalue weighted by Gasteiger charge is 2.17. The van der Waals surface area contributed by atoms with Gasteiger partial charge in [0.25, 0.3) is 0 Å². The van der Waals surface area contributed by atoms with Gasteiger partial charge in [-0.25, -0.2) is 4.39 Å². The Balaban J connectivity index is 2.55. The summed E-state index contributed by atoms with van der Waals surface area (Å²) in [4.78, 5) is 10.5. The molecule has 1 aliphatic carbocycles. The van der Waals surface area contributed by atoms with Crippen LogP contribution in [0.4, 0.5) is 4.39 Å². The fraction of sp³-hybridized carbons (Fsp3) is 0.100. The third-order valence-electron chi connectivity index (χ3n) is 2.11. The number of hydrogen-bond donors (Lipinski definition) is 0. The summed E-state index contributed by atoms with van der Waals surface area (Å²) in [6.07, 6.45) is 2.94. The lowest BCUT2D eigenvalue weighted by atomic mass is 10.1. The number of aldehydes is 1. The predicted molar refractivity (Wildman–Crippen MR) is 49.2 cm³/mol. The molecule has 0 saturated carbocycles. The third kappa shape index (κ3) is 1.27. The van der Waals surface area contributed by atoms with Gasteiger partial charge in [-0.2, -0.15) is 0 Å². The van der Waals surface area contributed by atoms with E-state index in [1.807, 2.05) is 0 Å². The van der Waals surface area contributed by atoms with Crippen molar-refractivity contribution in [2.75, 3.05) is 0 Å². The van der Waals surface area contributed by atoms with Gasteiger partial charge in [0.2, 0.25) is 0 Å². The van der Waals surface area contributed by atoms with Gasteiger partial charge in [0, 0.05) is 6.42 Å². The first-order valence-corrected chi connectivity index (χ1v) is 4.23. The van der Waals surface area contributed by atoms with E-state index in [1.54, 1.807) is 12.1 Å². The van der Waals surface area contributed by atoms with Gasteiger partial charge in [-0.3, -0.25) is 4.79 Å². The number of hydrogen-bond acceptors (Lipinski definition) is 1. The van der Waals surface area contributed by atoms with Crippen LogP contribution < -0.4 is 0 Å². The molecule has 0 bridgehead atoms. The van der Waals surface area contributed by atoms with Crippen LogP contribution in [0.1, 0.15) is 11.1 Å². The molecule has 1 nitrogen and oxygen atoms in total. The third-order valence-corrected chi connectivity index (χ3v) is 2.51. The second-order valence-electron chi connectivity index (χ2n) is 2.94. The Hall–Kier alpha value is -1.15. The summed E-state index contributed by atoms with van der Waals surface area (Å²) in [6.45, 7) is 0. The van der Waals surface area contributed by atoms with Crippen molar-refractivity contribution in [3.05, 3.63) is 39.7 Å². The van der Waals surface area contributed by atoms with Crippen LogP contribution in [-0.2, 0) is 11.2 Å². The van der Waals surface area contributed by atoms with Gasteiger partial charge in [-0.15, -0.1) is 0 Å². The molecule has 3 heteroatoms. The van der Waals surface area contributed by atoms with Crippen LogP contribution in [0.2, 0.25) is 5.02 Å². The number of carbonyl (C=O) groups is 1. The maximum atomic E-state index is 13.0. The van der Waals surface area contributed by atoms with Gasteiger partial charge in [0.15, 0.2) is 0 Å². The van der Waals surface area contributed by atoms with Crippen LogP contribution in [0.3, 0.4) is 0 Å². The van der Waals surface area contributed by atoms with Gasteiger partial charge in [-0.1, -0.05) is 17.7 Å². The first-order chi connectivity index (χ1) is 6.22. The second kappa shape index (κ2) is 2.96. The number of rotatable bonds is 1. The van der Waals surface area contributed by atoms with Gasteiger partial charge in [0.05, 0.1) is 5.02 Å². The van der Waals surface area contributed by atoms with Crippen molar-refractivity contribution in [3.8, 4) is 0 Å². The van der Waals surface area contributed by atoms with E-state index < -0.39 is 5.82 Å². The number of allylic oxidation sites excluding steroid dienone is 1. The average Bonchev–Trinajstić information content (AvgIpc) is 2.55. The molecule has 0 N–H and O–H groups in total. The zero-order chi connectivity index (χ0) is 9.42. The highest BCUT2D eigenvalue weighted by Crippen LogP contribution is 2.31. The summed E-state index contributed by atoms with van der Waals surface area (Å²) in [7, 11) is 0. The first kappa shape index (κ1) is 8.45. The molecule has 0 unspecified atom stereocenters. The van der Waals surface area contributed by atoms with Crippen LogP contribution in [0.15, 0.2) is 17.7 Å². The van der Waals surface area contributed by atoms with Gasteiger partial charge >= 0.3 is 0 Å². The molecule has 0 spiro atoms. The molecule has 0 saturated heterocycles. The van der Waals surface area contributed by atoms with E-state index in [2.05, 4.69) is 0 Å². The van der Waals surface area contributed by atoms with Gasteiger partial charge in [-0.05, 0) is 28.8 Å². The molecule has 2 rings (SSSR count). The van der Waals surface area contributed by atoms with Gasteiger partial charge < -0.3 is 0 Å². The van der Waals surface area contributed by atoms with Crippen molar-refractivity contribution >= 4 is 24.0 Å². The van der Waals surface area contributed by atoms with Crippen LogP contribution in [0.5, 0.6) is 0 Å². The molecule has 0 aliphatic heterocycles. The molecular weight excluding hydrogens is 191 g/mol. The summed E-state index contributed by atoms with van der Waals surface area (Å²) in [5, 5.41) is 0.130. The lowest BCUT2D eigenvalue weighted by Crippen LogP contribution is -1.89. The van der Waals surface area contributed by atoms with E-state index in [1.165, 1.54) is 6.07 Å². The smallest absolute Gasteiger partial charge is 0.146 e. The molecule has 1 aromatic carbocycles. The second-order valence-corrected chi connectivity index (χ2v) is 3.32. The van der Waals surface area contributed by atoms with Crippen molar-refractivity contribution in [1.82, 2.24) is 0 Å². The van der Waals surface area contributed by atoms with Crippen LogP contribution in [0, 0.1) is 5.82 Å². The Kier molecular flexibility index (Phi) is 1.93. The van der Waals surface area contributed by atoms with Crippen molar-refractivity contribution < 1.29 is 9.18 Å². The molecule has 0 amide bonds. The van der Waals surface area contributed by atoms with Crippen LogP contribution in [-0.4, -0.2) is 6.29 Å². The van der Waals surface area contributed by atoms with Crippen molar-refractivity contribution in [3.63, 3.8) is 0 Å². The number of benzene rings is 1. The Morgan fingerprint density at radius 1 is 1.46 bits per heavy atom. The highest BCUT2D eigenvalue weighted by molar-refractivity contribution is 6.32. The van der Waals surface area contributed by atoms with E-state index in [4.69, 9.17) is 11.6 Å².